The highest BCUT2D eigenvalue weighted by Gasteiger charge is 2.42. The van der Waals surface area contributed by atoms with E-state index in [-0.39, 0.29) is 42.9 Å². The monoisotopic (exact) mass is 555 g/mol. The summed E-state index contributed by atoms with van der Waals surface area (Å²) < 4.78 is 1.73. The molecule has 4 N–H and O–H groups in total. The SMILES string of the molecule is CC(NC(O)C1CC(O)CN1C(=O)C(C(C)C)n1cc(C(C)(C)C)cn1)c1ccc(-c2scnc2CO)cc1. The molecule has 1 aliphatic heterocycles. The molecular weight excluding hydrogens is 514 g/mol. The summed E-state index contributed by atoms with van der Waals surface area (Å²) in [5.74, 6) is -0.187. The van der Waals surface area contributed by atoms with Gasteiger partial charge in [-0.1, -0.05) is 58.9 Å². The number of hydrogen-bond acceptors (Lipinski definition) is 8. The number of carbonyl (C=O) groups is 1. The fourth-order valence-corrected chi connectivity index (χ4v) is 5.96. The average Bonchev–Trinajstić information content (AvgIpc) is 3.63. The van der Waals surface area contributed by atoms with Gasteiger partial charge in [-0.15, -0.1) is 11.3 Å². The highest BCUT2D eigenvalue weighted by atomic mass is 32.1. The van der Waals surface area contributed by atoms with Crippen molar-refractivity contribution in [2.45, 2.75) is 90.4 Å². The molecule has 5 atom stereocenters. The highest BCUT2D eigenvalue weighted by Crippen LogP contribution is 2.31. The zero-order valence-electron chi connectivity index (χ0n) is 23.6. The van der Waals surface area contributed by atoms with E-state index in [1.54, 1.807) is 15.1 Å². The minimum Gasteiger partial charge on any atom is -0.391 e. The van der Waals surface area contributed by atoms with Crippen LogP contribution in [-0.4, -0.2) is 65.8 Å². The molecule has 39 heavy (non-hydrogen) atoms. The molecule has 1 fully saturated rings. The first-order chi connectivity index (χ1) is 18.4. The molecule has 5 unspecified atom stereocenters. The Bertz CT molecular complexity index is 1250. The van der Waals surface area contributed by atoms with Crippen LogP contribution in [0.15, 0.2) is 42.2 Å². The van der Waals surface area contributed by atoms with E-state index in [9.17, 15) is 20.1 Å². The first kappa shape index (κ1) is 29.4. The van der Waals surface area contributed by atoms with Crippen molar-refractivity contribution in [2.75, 3.05) is 6.54 Å². The van der Waals surface area contributed by atoms with Crippen LogP contribution in [0.3, 0.4) is 0 Å². The van der Waals surface area contributed by atoms with Crippen molar-refractivity contribution < 1.29 is 20.1 Å². The first-order valence-corrected chi connectivity index (χ1v) is 14.4. The number of rotatable bonds is 9. The summed E-state index contributed by atoms with van der Waals surface area (Å²) >= 11 is 1.48. The number of carbonyl (C=O) groups excluding carboxylic acids is 1. The van der Waals surface area contributed by atoms with Crippen LogP contribution in [0.1, 0.15) is 76.9 Å². The number of aliphatic hydroxyl groups is 3. The molecule has 2 aromatic heterocycles. The molecule has 1 amide bonds. The van der Waals surface area contributed by atoms with Gasteiger partial charge in [-0.2, -0.15) is 5.10 Å². The van der Waals surface area contributed by atoms with Crippen LogP contribution in [0, 0.1) is 5.92 Å². The van der Waals surface area contributed by atoms with Gasteiger partial charge < -0.3 is 20.2 Å². The van der Waals surface area contributed by atoms with Crippen molar-refractivity contribution in [3.63, 3.8) is 0 Å². The molecule has 9 nitrogen and oxygen atoms in total. The van der Waals surface area contributed by atoms with E-state index < -0.39 is 24.4 Å². The van der Waals surface area contributed by atoms with Gasteiger partial charge >= 0.3 is 0 Å². The van der Waals surface area contributed by atoms with Crippen molar-refractivity contribution >= 4 is 17.2 Å². The maximum atomic E-state index is 13.9. The Kier molecular flexibility index (Phi) is 8.92. The molecule has 4 rings (SSSR count). The van der Waals surface area contributed by atoms with Gasteiger partial charge in [0.25, 0.3) is 0 Å². The smallest absolute Gasteiger partial charge is 0.248 e. The Hall–Kier alpha value is -2.63. The predicted octanol–water partition coefficient (Wildman–Crippen LogP) is 3.62. The minimum absolute atomic E-state index is 0.0314. The molecule has 1 saturated heterocycles. The zero-order valence-corrected chi connectivity index (χ0v) is 24.4. The fourth-order valence-electron chi connectivity index (χ4n) is 5.15. The average molecular weight is 556 g/mol. The summed E-state index contributed by atoms with van der Waals surface area (Å²) in [5.41, 5.74) is 5.27. The van der Waals surface area contributed by atoms with Crippen LogP contribution < -0.4 is 5.32 Å². The number of nitrogens with zero attached hydrogens (tertiary/aromatic N) is 4. The molecule has 3 heterocycles. The van der Waals surface area contributed by atoms with Gasteiger partial charge in [-0.25, -0.2) is 4.98 Å². The summed E-state index contributed by atoms with van der Waals surface area (Å²) in [6.07, 6.45) is 2.29. The highest BCUT2D eigenvalue weighted by molar-refractivity contribution is 7.13. The van der Waals surface area contributed by atoms with Crippen molar-refractivity contribution in [3.8, 4) is 10.4 Å². The standard InChI is InChI=1S/C29H41N5O4S/c1-17(2)25(34-13-21(12-31-34)29(4,5)6)28(38)33-14-22(36)11-24(33)27(37)32-18(3)19-7-9-20(10-8-19)26-23(15-35)30-16-39-26/h7-10,12-13,16-18,22,24-25,27,32,35-37H,11,14-15H2,1-6H3. The number of likely N-dealkylation sites (tertiary alicyclic amines) is 1. The van der Waals surface area contributed by atoms with Crippen molar-refractivity contribution in [1.29, 1.82) is 0 Å². The van der Waals surface area contributed by atoms with Crippen LogP contribution in [0.2, 0.25) is 0 Å². The number of thiazole rings is 1. The van der Waals surface area contributed by atoms with Crippen LogP contribution in [0.5, 0.6) is 0 Å². The third-order valence-corrected chi connectivity index (χ3v) is 8.41. The van der Waals surface area contributed by atoms with Gasteiger partial charge in [0.2, 0.25) is 5.91 Å². The van der Waals surface area contributed by atoms with Crippen molar-refractivity contribution in [3.05, 3.63) is 59.0 Å². The third kappa shape index (κ3) is 6.41. The summed E-state index contributed by atoms with van der Waals surface area (Å²) in [4.78, 5) is 20.6. The Labute approximate surface area is 234 Å². The molecule has 0 aliphatic carbocycles. The normalized spacial score (nSPS) is 20.4. The third-order valence-electron chi connectivity index (χ3n) is 7.49. The molecule has 0 bridgehead atoms. The molecular formula is C29H41N5O4S. The molecule has 1 aliphatic rings. The largest absolute Gasteiger partial charge is 0.391 e. The van der Waals surface area contributed by atoms with E-state index in [4.69, 9.17) is 0 Å². The van der Waals surface area contributed by atoms with Crippen LogP contribution >= 0.6 is 11.3 Å². The molecule has 1 aromatic carbocycles. The number of nitrogens with one attached hydrogen (secondary N) is 1. The van der Waals surface area contributed by atoms with Crippen LogP contribution in [-0.2, 0) is 16.8 Å². The van der Waals surface area contributed by atoms with E-state index in [2.05, 4.69) is 36.2 Å². The predicted molar refractivity (Wildman–Crippen MR) is 152 cm³/mol. The molecule has 212 valence electrons. The summed E-state index contributed by atoms with van der Waals surface area (Å²) in [6, 6.07) is 6.59. The second-order valence-corrected chi connectivity index (χ2v) is 12.7. The molecule has 0 saturated carbocycles. The lowest BCUT2D eigenvalue weighted by Crippen LogP contribution is -2.51. The van der Waals surface area contributed by atoms with E-state index in [0.717, 1.165) is 21.6 Å². The Morgan fingerprint density at radius 1 is 1.21 bits per heavy atom. The number of hydrogen-bond donors (Lipinski definition) is 4. The maximum absolute atomic E-state index is 13.9. The van der Waals surface area contributed by atoms with Gasteiger partial charge in [-0.05, 0) is 41.4 Å². The summed E-state index contributed by atoms with van der Waals surface area (Å²) in [6.45, 7) is 12.3. The lowest BCUT2D eigenvalue weighted by Gasteiger charge is -2.34. The quantitative estimate of drug-likeness (QED) is 0.297. The molecule has 0 radical (unpaired) electrons. The Morgan fingerprint density at radius 3 is 2.49 bits per heavy atom. The van der Waals surface area contributed by atoms with E-state index in [0.29, 0.717) is 5.69 Å². The van der Waals surface area contributed by atoms with Crippen LogP contribution in [0.4, 0.5) is 0 Å². The van der Waals surface area contributed by atoms with Crippen molar-refractivity contribution in [1.82, 2.24) is 25.0 Å². The Morgan fingerprint density at radius 2 is 1.90 bits per heavy atom. The van der Waals surface area contributed by atoms with Gasteiger partial charge in [-0.3, -0.25) is 14.8 Å². The van der Waals surface area contributed by atoms with Gasteiger partial charge in [0.1, 0.15) is 12.3 Å². The van der Waals surface area contributed by atoms with Gasteiger partial charge in [0.15, 0.2) is 0 Å². The first-order valence-electron chi connectivity index (χ1n) is 13.5. The topological polar surface area (TPSA) is 124 Å². The fraction of sp³-hybridized carbons (Fsp3) is 0.552. The number of β-amino-alcohol motifs (C(OH)–C–C–N with tert-alkyl or cyclic N) is 1. The lowest BCUT2D eigenvalue weighted by atomic mass is 9.90. The molecule has 3 aromatic rings. The second-order valence-electron chi connectivity index (χ2n) is 11.8. The number of amides is 1. The van der Waals surface area contributed by atoms with Crippen LogP contribution in [0.25, 0.3) is 10.4 Å². The number of aliphatic hydroxyl groups excluding tert-OH is 3. The lowest BCUT2D eigenvalue weighted by molar-refractivity contribution is -0.140. The second kappa shape index (κ2) is 11.9. The maximum Gasteiger partial charge on any atom is 0.248 e. The number of benzene rings is 1. The van der Waals surface area contributed by atoms with E-state index in [1.165, 1.54) is 11.3 Å². The van der Waals surface area contributed by atoms with Gasteiger partial charge in [0, 0.05) is 18.8 Å². The summed E-state index contributed by atoms with van der Waals surface area (Å²) in [7, 11) is 0. The van der Waals surface area contributed by atoms with E-state index >= 15 is 0 Å². The van der Waals surface area contributed by atoms with E-state index in [1.807, 2.05) is 57.4 Å². The zero-order chi connectivity index (χ0) is 28.5. The minimum atomic E-state index is -1.03. The number of aromatic nitrogens is 3. The summed E-state index contributed by atoms with van der Waals surface area (Å²) in [5, 5.41) is 39.0. The Balaban J connectivity index is 1.48. The van der Waals surface area contributed by atoms with Crippen molar-refractivity contribution in [2.24, 2.45) is 5.92 Å². The van der Waals surface area contributed by atoms with Gasteiger partial charge in [0.05, 0.1) is 41.0 Å². The molecule has 10 heteroatoms. The molecule has 0 spiro atoms.